The second-order valence-electron chi connectivity index (χ2n) is 7.46. The fourth-order valence-corrected chi connectivity index (χ4v) is 5.34. The van der Waals surface area contributed by atoms with E-state index >= 15 is 0 Å². The van der Waals surface area contributed by atoms with Crippen LogP contribution in [0.4, 0.5) is 10.1 Å². The Hall–Kier alpha value is -2.96. The molecule has 0 aliphatic carbocycles. The molecular weight excluding hydrogens is 423 g/mol. The van der Waals surface area contributed by atoms with E-state index in [-0.39, 0.29) is 11.8 Å². The van der Waals surface area contributed by atoms with Crippen molar-refractivity contribution in [2.45, 2.75) is 18.4 Å². The van der Waals surface area contributed by atoms with Crippen molar-refractivity contribution in [2.24, 2.45) is 0 Å². The summed E-state index contributed by atoms with van der Waals surface area (Å²) >= 11 is 7.65. The minimum atomic E-state index is -1.26. The molecule has 2 aromatic carbocycles. The van der Waals surface area contributed by atoms with Gasteiger partial charge in [-0.2, -0.15) is 11.3 Å². The maximum Gasteiger partial charge on any atom is 0.244 e. The van der Waals surface area contributed by atoms with Crippen LogP contribution in [0.15, 0.2) is 59.3 Å². The summed E-state index contributed by atoms with van der Waals surface area (Å²) in [6.07, 6.45) is 1.47. The fraction of sp³-hybridized carbons (Fsp3) is 0.130. The number of amides is 2. The van der Waals surface area contributed by atoms with Crippen molar-refractivity contribution in [1.29, 1.82) is 0 Å². The van der Waals surface area contributed by atoms with Gasteiger partial charge in [-0.15, -0.1) is 0 Å². The van der Waals surface area contributed by atoms with Crippen LogP contribution < -0.4 is 10.6 Å². The second kappa shape index (κ2) is 6.79. The number of hydrogen-bond donors (Lipinski definition) is 2. The lowest BCUT2D eigenvalue weighted by atomic mass is 9.64. The predicted molar refractivity (Wildman–Crippen MR) is 116 cm³/mol. The van der Waals surface area contributed by atoms with Crippen molar-refractivity contribution in [2.75, 3.05) is 5.32 Å². The molecule has 1 spiro atoms. The summed E-state index contributed by atoms with van der Waals surface area (Å²) in [5.41, 5.74) is 2.73. The molecule has 1 aromatic heterocycles. The molecule has 0 saturated heterocycles. The fourth-order valence-electron chi connectivity index (χ4n) is 4.52. The van der Waals surface area contributed by atoms with Gasteiger partial charge in [0.05, 0.1) is 6.04 Å². The van der Waals surface area contributed by atoms with Gasteiger partial charge in [0.25, 0.3) is 0 Å². The molecule has 7 heteroatoms. The Morgan fingerprint density at radius 3 is 2.73 bits per heavy atom. The van der Waals surface area contributed by atoms with E-state index in [2.05, 4.69) is 10.6 Å². The number of nitrogens with one attached hydrogen (secondary N) is 2. The van der Waals surface area contributed by atoms with Crippen LogP contribution in [0.5, 0.6) is 0 Å². The highest BCUT2D eigenvalue weighted by atomic mass is 35.5. The Bertz CT molecular complexity index is 1240. The summed E-state index contributed by atoms with van der Waals surface area (Å²) < 4.78 is 14.2. The number of carbonyl (C=O) groups excluding carboxylic acids is 2. The van der Waals surface area contributed by atoms with E-state index < -0.39 is 17.3 Å². The van der Waals surface area contributed by atoms with E-state index in [1.165, 1.54) is 29.5 Å². The van der Waals surface area contributed by atoms with Crippen molar-refractivity contribution < 1.29 is 14.0 Å². The number of carbonyl (C=O) groups is 2. The predicted octanol–water partition coefficient (Wildman–Crippen LogP) is 4.99. The largest absolute Gasteiger partial charge is 0.344 e. The quantitative estimate of drug-likeness (QED) is 0.592. The van der Waals surface area contributed by atoms with Crippen molar-refractivity contribution in [3.05, 3.63) is 92.4 Å². The molecule has 2 aliphatic rings. The molecule has 2 N–H and O–H groups in total. The lowest BCUT2D eigenvalue weighted by Crippen LogP contribution is -2.52. The minimum absolute atomic E-state index is 0.286. The van der Waals surface area contributed by atoms with Crippen molar-refractivity contribution in [1.82, 2.24) is 5.32 Å². The average molecular weight is 439 g/mol. The van der Waals surface area contributed by atoms with Crippen molar-refractivity contribution in [3.8, 4) is 0 Å². The number of thiophene rings is 1. The summed E-state index contributed by atoms with van der Waals surface area (Å²) in [6.45, 7) is 1.84. The summed E-state index contributed by atoms with van der Waals surface area (Å²) in [7, 11) is 0. The molecule has 0 radical (unpaired) electrons. The third kappa shape index (κ3) is 2.64. The monoisotopic (exact) mass is 438 g/mol. The third-order valence-electron chi connectivity index (χ3n) is 5.82. The van der Waals surface area contributed by atoms with E-state index in [1.807, 2.05) is 23.8 Å². The molecule has 0 fully saturated rings. The number of hydrogen-bond acceptors (Lipinski definition) is 3. The van der Waals surface area contributed by atoms with Crippen molar-refractivity contribution >= 4 is 46.0 Å². The van der Waals surface area contributed by atoms with Gasteiger partial charge in [-0.3, -0.25) is 9.59 Å². The van der Waals surface area contributed by atoms with Gasteiger partial charge in [-0.05, 0) is 75.8 Å². The first-order chi connectivity index (χ1) is 14.4. The summed E-state index contributed by atoms with van der Waals surface area (Å²) in [5.74, 6) is -1.04. The molecule has 3 heterocycles. The van der Waals surface area contributed by atoms with Crippen LogP contribution in [0.3, 0.4) is 0 Å². The van der Waals surface area contributed by atoms with Gasteiger partial charge in [0.15, 0.2) is 0 Å². The Morgan fingerprint density at radius 2 is 1.97 bits per heavy atom. The maximum absolute atomic E-state index is 14.2. The van der Waals surface area contributed by atoms with E-state index in [0.717, 1.165) is 11.1 Å². The first-order valence-corrected chi connectivity index (χ1v) is 10.7. The Morgan fingerprint density at radius 1 is 1.13 bits per heavy atom. The van der Waals surface area contributed by atoms with Gasteiger partial charge in [0.2, 0.25) is 11.8 Å². The van der Waals surface area contributed by atoms with E-state index in [4.69, 9.17) is 11.6 Å². The molecule has 2 aliphatic heterocycles. The van der Waals surface area contributed by atoms with Crippen LogP contribution in [-0.4, -0.2) is 11.8 Å². The topological polar surface area (TPSA) is 58.2 Å². The van der Waals surface area contributed by atoms with E-state index in [1.54, 1.807) is 24.3 Å². The number of benzene rings is 2. The van der Waals surface area contributed by atoms with Gasteiger partial charge in [-0.1, -0.05) is 23.7 Å². The van der Waals surface area contributed by atoms with Crippen LogP contribution in [0, 0.1) is 12.7 Å². The summed E-state index contributed by atoms with van der Waals surface area (Å²) in [6, 6.07) is 10.7. The van der Waals surface area contributed by atoms with Gasteiger partial charge >= 0.3 is 0 Å². The zero-order valence-corrected chi connectivity index (χ0v) is 17.4. The van der Waals surface area contributed by atoms with Gasteiger partial charge < -0.3 is 10.6 Å². The number of fused-ring (bicyclic) bond motifs is 2. The van der Waals surface area contributed by atoms with Crippen LogP contribution in [0.1, 0.15) is 28.3 Å². The lowest BCUT2D eigenvalue weighted by Gasteiger charge is -2.42. The standard InChI is InChI=1S/C23H16ClFN2O2S/c1-12-2-4-15(25)9-16(12)21-23(17-5-3-14(24)8-19(17)26-22(23)29)18(10-20(28)27-21)13-6-7-30-11-13/h2-11,21H,1H3,(H,26,29)(H,27,28). The molecule has 30 heavy (non-hydrogen) atoms. The molecule has 0 bridgehead atoms. The number of halogens is 2. The Balaban J connectivity index is 1.86. The van der Waals surface area contributed by atoms with Gasteiger partial charge in [-0.25, -0.2) is 4.39 Å². The first kappa shape index (κ1) is 19.0. The third-order valence-corrected chi connectivity index (χ3v) is 6.74. The van der Waals surface area contributed by atoms with Crippen LogP contribution in [0.25, 0.3) is 5.57 Å². The molecule has 5 rings (SSSR count). The molecule has 2 amide bonds. The summed E-state index contributed by atoms with van der Waals surface area (Å²) in [5, 5.41) is 10.2. The molecule has 2 atom stereocenters. The molecule has 2 unspecified atom stereocenters. The molecule has 3 aromatic rings. The average Bonchev–Trinajstić information content (AvgIpc) is 3.33. The lowest BCUT2D eigenvalue weighted by molar-refractivity contribution is -0.122. The van der Waals surface area contributed by atoms with Gasteiger partial charge in [0.1, 0.15) is 11.2 Å². The molecular formula is C23H16ClFN2O2S. The van der Waals surface area contributed by atoms with E-state index in [9.17, 15) is 14.0 Å². The number of aryl methyl sites for hydroxylation is 1. The number of rotatable bonds is 2. The molecule has 4 nitrogen and oxygen atoms in total. The Kier molecular flexibility index (Phi) is 4.31. The highest BCUT2D eigenvalue weighted by Gasteiger charge is 2.58. The van der Waals surface area contributed by atoms with E-state index in [0.29, 0.717) is 27.4 Å². The van der Waals surface area contributed by atoms with Crippen LogP contribution in [-0.2, 0) is 15.0 Å². The van der Waals surface area contributed by atoms with Crippen LogP contribution >= 0.6 is 22.9 Å². The Labute approximate surface area is 181 Å². The highest BCUT2D eigenvalue weighted by molar-refractivity contribution is 7.08. The SMILES string of the molecule is Cc1ccc(F)cc1C1NC(=O)C=C(c2ccsc2)C12C(=O)Nc1cc(Cl)ccc12. The highest BCUT2D eigenvalue weighted by Crippen LogP contribution is 2.56. The normalized spacial score (nSPS) is 22.5. The zero-order chi connectivity index (χ0) is 21.0. The smallest absolute Gasteiger partial charge is 0.244 e. The summed E-state index contributed by atoms with van der Waals surface area (Å²) in [4.78, 5) is 26.4. The van der Waals surface area contributed by atoms with Gasteiger partial charge in [0, 0.05) is 16.8 Å². The van der Waals surface area contributed by atoms with Crippen molar-refractivity contribution in [3.63, 3.8) is 0 Å². The first-order valence-electron chi connectivity index (χ1n) is 9.34. The maximum atomic E-state index is 14.2. The zero-order valence-electron chi connectivity index (χ0n) is 15.8. The molecule has 150 valence electrons. The molecule has 0 saturated carbocycles. The second-order valence-corrected chi connectivity index (χ2v) is 8.68. The number of anilines is 1. The van der Waals surface area contributed by atoms with Crippen LogP contribution in [0.2, 0.25) is 5.02 Å². The minimum Gasteiger partial charge on any atom is -0.344 e.